The highest BCUT2D eigenvalue weighted by atomic mass is 33.1. The fourth-order valence-corrected chi connectivity index (χ4v) is 5.06. The Bertz CT molecular complexity index is 674. The van der Waals surface area contributed by atoms with Crippen molar-refractivity contribution in [3.8, 4) is 0 Å². The summed E-state index contributed by atoms with van der Waals surface area (Å²) in [5.41, 5.74) is 0. The minimum absolute atomic E-state index is 0.0502. The average molecular weight is 463 g/mol. The maximum atomic E-state index is 12.0. The molecule has 0 aromatic carbocycles. The summed E-state index contributed by atoms with van der Waals surface area (Å²) in [6.07, 6.45) is 0.987. The van der Waals surface area contributed by atoms with Gasteiger partial charge < -0.3 is 31.5 Å². The minimum Gasteiger partial charge on any atom is -0.480 e. The molecule has 166 valence electrons. The second-order valence-corrected chi connectivity index (χ2v) is 9.24. The maximum absolute atomic E-state index is 12.0. The molecule has 2 rings (SSSR count). The number of amides is 4. The van der Waals surface area contributed by atoms with Gasteiger partial charge in [0.05, 0.1) is 0 Å². The fraction of sp³-hybridized carbons (Fsp3) is 0.625. The monoisotopic (exact) mass is 462 g/mol. The molecule has 0 aromatic rings. The molecule has 0 aliphatic carbocycles. The van der Waals surface area contributed by atoms with Crippen molar-refractivity contribution in [3.05, 3.63) is 0 Å². The van der Waals surface area contributed by atoms with Gasteiger partial charge in [0.1, 0.15) is 24.2 Å². The molecular weight excluding hydrogens is 440 g/mol. The van der Waals surface area contributed by atoms with E-state index in [0.29, 0.717) is 12.8 Å². The largest absolute Gasteiger partial charge is 0.480 e. The van der Waals surface area contributed by atoms with Crippen LogP contribution in [0.2, 0.25) is 0 Å². The van der Waals surface area contributed by atoms with Crippen molar-refractivity contribution in [1.82, 2.24) is 21.3 Å². The van der Waals surface area contributed by atoms with Gasteiger partial charge in [-0.05, 0) is 12.8 Å². The van der Waals surface area contributed by atoms with Gasteiger partial charge in [0.25, 0.3) is 0 Å². The van der Waals surface area contributed by atoms with Crippen molar-refractivity contribution >= 4 is 57.2 Å². The van der Waals surface area contributed by atoms with Crippen molar-refractivity contribution in [1.29, 1.82) is 0 Å². The van der Waals surface area contributed by atoms with E-state index in [-0.39, 0.29) is 36.2 Å². The van der Waals surface area contributed by atoms with Gasteiger partial charge in [-0.15, -0.1) is 0 Å². The molecule has 12 nitrogen and oxygen atoms in total. The van der Waals surface area contributed by atoms with E-state index in [0.717, 1.165) is 21.6 Å². The van der Waals surface area contributed by atoms with Crippen LogP contribution in [0.1, 0.15) is 25.7 Å². The Labute approximate surface area is 179 Å². The molecule has 2 saturated heterocycles. The molecule has 0 unspecified atom stereocenters. The third-order valence-corrected chi connectivity index (χ3v) is 6.83. The van der Waals surface area contributed by atoms with Crippen molar-refractivity contribution in [3.63, 3.8) is 0 Å². The summed E-state index contributed by atoms with van der Waals surface area (Å²) in [6.45, 7) is 0. The molecule has 2 fully saturated rings. The van der Waals surface area contributed by atoms with Gasteiger partial charge in [-0.1, -0.05) is 21.6 Å². The summed E-state index contributed by atoms with van der Waals surface area (Å²) in [4.78, 5) is 69.2. The lowest BCUT2D eigenvalue weighted by atomic mass is 10.2. The number of carboxylic acids is 2. The number of carbonyl (C=O) groups excluding carboxylic acids is 4. The fourth-order valence-electron chi connectivity index (χ4n) is 2.75. The predicted molar refractivity (Wildman–Crippen MR) is 106 cm³/mol. The van der Waals surface area contributed by atoms with Gasteiger partial charge in [0.2, 0.25) is 23.6 Å². The van der Waals surface area contributed by atoms with Gasteiger partial charge in [-0.25, -0.2) is 9.59 Å². The van der Waals surface area contributed by atoms with Crippen LogP contribution >= 0.6 is 21.6 Å². The Hall–Kier alpha value is -2.48. The molecule has 0 saturated carbocycles. The van der Waals surface area contributed by atoms with E-state index in [4.69, 9.17) is 0 Å². The summed E-state index contributed by atoms with van der Waals surface area (Å²) in [5.74, 6) is -4.35. The lowest BCUT2D eigenvalue weighted by molar-refractivity contribution is -0.141. The zero-order chi connectivity index (χ0) is 22.3. The molecule has 30 heavy (non-hydrogen) atoms. The molecule has 0 aromatic heterocycles. The van der Waals surface area contributed by atoms with Gasteiger partial charge in [-0.2, -0.15) is 0 Å². The van der Waals surface area contributed by atoms with Crippen LogP contribution in [0.25, 0.3) is 0 Å². The lowest BCUT2D eigenvalue weighted by Gasteiger charge is -2.18. The summed E-state index contributed by atoms with van der Waals surface area (Å²) in [5, 5.41) is 28.1. The van der Waals surface area contributed by atoms with Crippen LogP contribution in [-0.2, 0) is 28.8 Å². The van der Waals surface area contributed by atoms with Gasteiger partial charge in [0.15, 0.2) is 0 Å². The lowest BCUT2D eigenvalue weighted by Crippen LogP contribution is -2.50. The smallest absolute Gasteiger partial charge is 0.327 e. The zero-order valence-corrected chi connectivity index (χ0v) is 17.3. The third-order valence-electron chi connectivity index (χ3n) is 4.41. The first-order valence-electron chi connectivity index (χ1n) is 9.07. The van der Waals surface area contributed by atoms with Crippen molar-refractivity contribution < 1.29 is 39.0 Å². The summed E-state index contributed by atoms with van der Waals surface area (Å²) >= 11 is 0. The molecule has 0 spiro atoms. The second-order valence-electron chi connectivity index (χ2n) is 6.69. The number of aliphatic carboxylic acids is 2. The first-order chi connectivity index (χ1) is 14.2. The Morgan fingerprint density at radius 3 is 1.47 bits per heavy atom. The number of hydrogen-bond acceptors (Lipinski definition) is 8. The van der Waals surface area contributed by atoms with Gasteiger partial charge in [-0.3, -0.25) is 19.2 Å². The van der Waals surface area contributed by atoms with E-state index in [1.54, 1.807) is 0 Å². The predicted octanol–water partition coefficient (Wildman–Crippen LogP) is -1.94. The maximum Gasteiger partial charge on any atom is 0.327 e. The Kier molecular flexibility index (Phi) is 8.77. The molecular formula is C16H22N4O8S2. The van der Waals surface area contributed by atoms with E-state index in [1.807, 2.05) is 0 Å². The number of carboxylic acid groups (broad SMARTS) is 2. The molecule has 14 heteroatoms. The number of carbonyl (C=O) groups is 6. The first kappa shape index (κ1) is 23.8. The van der Waals surface area contributed by atoms with E-state index < -0.39 is 47.9 Å². The highest BCUT2D eigenvalue weighted by Gasteiger charge is 2.32. The number of nitrogens with one attached hydrogen (secondary N) is 4. The van der Waals surface area contributed by atoms with E-state index in [2.05, 4.69) is 21.3 Å². The SMILES string of the molecule is O=C1CC[C@@H](C(=O)N[C@@H](CSSC[C@H](NC(=O)[C@@H]2CCC(=O)N2)C(=O)O)C(=O)O)N1. The van der Waals surface area contributed by atoms with E-state index >= 15 is 0 Å². The van der Waals surface area contributed by atoms with Crippen molar-refractivity contribution in [2.45, 2.75) is 49.9 Å². The highest BCUT2D eigenvalue weighted by Crippen LogP contribution is 2.23. The van der Waals surface area contributed by atoms with Crippen molar-refractivity contribution in [2.75, 3.05) is 11.5 Å². The summed E-state index contributed by atoms with van der Waals surface area (Å²) in [6, 6.07) is -3.97. The third kappa shape index (κ3) is 7.09. The Morgan fingerprint density at radius 2 is 1.20 bits per heavy atom. The molecule has 2 heterocycles. The molecule has 4 atom stereocenters. The molecule has 0 radical (unpaired) electrons. The number of rotatable bonds is 11. The molecule has 2 aliphatic rings. The minimum atomic E-state index is -1.26. The standard InChI is InChI=1S/C16H22N4O8S2/c21-11-3-1-7(17-11)13(23)19-9(15(25)26)5-29-30-6-10(16(27)28)20-14(24)8-2-4-12(22)18-8/h7-10H,1-6H2,(H,17,21)(H,18,22)(H,19,23)(H,20,24)(H,25,26)(H,27,28)/t7-,8-,9-,10-/m0/s1. The first-order valence-corrected chi connectivity index (χ1v) is 11.6. The number of hydrogen-bond donors (Lipinski definition) is 6. The highest BCUT2D eigenvalue weighted by molar-refractivity contribution is 8.76. The van der Waals surface area contributed by atoms with Crippen LogP contribution in [0.5, 0.6) is 0 Å². The normalized spacial score (nSPS) is 22.5. The Morgan fingerprint density at radius 1 is 0.833 bits per heavy atom. The summed E-state index contributed by atoms with van der Waals surface area (Å²) < 4.78 is 0. The van der Waals surface area contributed by atoms with Gasteiger partial charge in [0, 0.05) is 24.3 Å². The zero-order valence-electron chi connectivity index (χ0n) is 15.7. The molecule has 2 aliphatic heterocycles. The van der Waals surface area contributed by atoms with Crippen molar-refractivity contribution in [2.24, 2.45) is 0 Å². The summed E-state index contributed by atoms with van der Waals surface area (Å²) in [7, 11) is 2.06. The van der Waals surface area contributed by atoms with Crippen LogP contribution in [0.3, 0.4) is 0 Å². The molecule has 0 bridgehead atoms. The van der Waals surface area contributed by atoms with Crippen LogP contribution in [-0.4, -0.2) is 81.5 Å². The molecule has 6 N–H and O–H groups in total. The van der Waals surface area contributed by atoms with Crippen LogP contribution in [0.15, 0.2) is 0 Å². The quantitative estimate of drug-likeness (QED) is 0.149. The van der Waals surface area contributed by atoms with Crippen LogP contribution in [0, 0.1) is 0 Å². The average Bonchev–Trinajstić information content (AvgIpc) is 3.30. The topological polar surface area (TPSA) is 191 Å². The van der Waals surface area contributed by atoms with Gasteiger partial charge >= 0.3 is 11.9 Å². The Balaban J connectivity index is 1.76. The van der Waals surface area contributed by atoms with E-state index in [9.17, 15) is 39.0 Å². The van der Waals surface area contributed by atoms with Crippen LogP contribution in [0.4, 0.5) is 0 Å². The van der Waals surface area contributed by atoms with Crippen LogP contribution < -0.4 is 21.3 Å². The molecule has 4 amide bonds. The second kappa shape index (κ2) is 11.1. The van der Waals surface area contributed by atoms with E-state index in [1.165, 1.54) is 0 Å².